The quantitative estimate of drug-likeness (QED) is 0.359. The van der Waals surface area contributed by atoms with E-state index in [2.05, 4.69) is 20.1 Å². The number of rotatable bonds is 7. The molecule has 4 aromatic rings. The topological polar surface area (TPSA) is 85.9 Å². The number of halogens is 1. The highest BCUT2D eigenvalue weighted by Crippen LogP contribution is 2.30. The van der Waals surface area contributed by atoms with Gasteiger partial charge in [-0.1, -0.05) is 35.6 Å². The van der Waals surface area contributed by atoms with E-state index in [1.54, 1.807) is 18.2 Å². The SMILES string of the molecule is O=C(NCCN1CCN(c2nc3ccc(F)cc3s2)CC1)c1ccc(S(=O)(=O)N2CCc3ccccc3C2)cc1. The minimum atomic E-state index is -3.64. The summed E-state index contributed by atoms with van der Waals surface area (Å²) in [4.78, 5) is 22.0. The summed E-state index contributed by atoms with van der Waals surface area (Å²) in [6.45, 7) is 5.32. The van der Waals surface area contributed by atoms with Crippen molar-refractivity contribution < 1.29 is 17.6 Å². The smallest absolute Gasteiger partial charge is 0.251 e. The Hall–Kier alpha value is -3.38. The molecule has 208 valence electrons. The van der Waals surface area contributed by atoms with Crippen LogP contribution >= 0.6 is 11.3 Å². The zero-order valence-electron chi connectivity index (χ0n) is 21.9. The number of fused-ring (bicyclic) bond motifs is 2. The number of piperazine rings is 1. The fraction of sp³-hybridized carbons (Fsp3) is 0.310. The van der Waals surface area contributed by atoms with Gasteiger partial charge in [-0.15, -0.1) is 0 Å². The molecule has 0 atom stereocenters. The van der Waals surface area contributed by atoms with Gasteiger partial charge in [-0.2, -0.15) is 4.31 Å². The summed E-state index contributed by atoms with van der Waals surface area (Å²) in [7, 11) is -3.64. The number of nitrogens with one attached hydrogen (secondary N) is 1. The molecule has 2 aliphatic heterocycles. The Morgan fingerprint density at radius 3 is 2.48 bits per heavy atom. The van der Waals surface area contributed by atoms with Crippen molar-refractivity contribution in [2.45, 2.75) is 17.9 Å². The molecule has 0 saturated carbocycles. The fourth-order valence-corrected chi connectivity index (χ4v) is 7.68. The highest BCUT2D eigenvalue weighted by molar-refractivity contribution is 7.89. The normalized spacial score (nSPS) is 16.7. The van der Waals surface area contributed by atoms with Crippen molar-refractivity contribution in [3.05, 3.63) is 89.2 Å². The molecule has 0 aliphatic carbocycles. The second-order valence-electron chi connectivity index (χ2n) is 10.1. The van der Waals surface area contributed by atoms with E-state index >= 15 is 0 Å². The zero-order valence-corrected chi connectivity index (χ0v) is 23.6. The Morgan fingerprint density at radius 1 is 0.950 bits per heavy atom. The number of hydrogen-bond acceptors (Lipinski definition) is 7. The molecular weight excluding hydrogens is 549 g/mol. The number of hydrogen-bond donors (Lipinski definition) is 1. The van der Waals surface area contributed by atoms with Gasteiger partial charge in [0.15, 0.2) is 5.13 Å². The summed E-state index contributed by atoms with van der Waals surface area (Å²) in [6, 6.07) is 18.8. The maximum absolute atomic E-state index is 13.5. The van der Waals surface area contributed by atoms with Crippen LogP contribution in [0.5, 0.6) is 0 Å². The molecule has 1 fully saturated rings. The molecule has 0 unspecified atom stereocenters. The molecule has 11 heteroatoms. The zero-order chi connectivity index (χ0) is 27.7. The number of carbonyl (C=O) groups excluding carboxylic acids is 1. The maximum atomic E-state index is 13.5. The summed E-state index contributed by atoms with van der Waals surface area (Å²) < 4.78 is 42.2. The lowest BCUT2D eigenvalue weighted by molar-refractivity contribution is 0.0947. The molecule has 40 heavy (non-hydrogen) atoms. The van der Waals surface area contributed by atoms with Crippen LogP contribution in [0.3, 0.4) is 0 Å². The highest BCUT2D eigenvalue weighted by Gasteiger charge is 2.28. The second kappa shape index (κ2) is 11.2. The minimum Gasteiger partial charge on any atom is -0.351 e. The minimum absolute atomic E-state index is 0.194. The number of benzene rings is 3. The molecule has 6 rings (SSSR count). The number of amides is 1. The Kier molecular flexibility index (Phi) is 7.54. The van der Waals surface area contributed by atoms with Gasteiger partial charge in [0.05, 0.1) is 15.1 Å². The van der Waals surface area contributed by atoms with Crippen molar-refractivity contribution in [3.8, 4) is 0 Å². The third kappa shape index (κ3) is 5.60. The molecule has 3 heterocycles. The van der Waals surface area contributed by atoms with Gasteiger partial charge < -0.3 is 10.2 Å². The van der Waals surface area contributed by atoms with Crippen molar-refractivity contribution in [1.29, 1.82) is 0 Å². The number of carbonyl (C=O) groups is 1. The Labute approximate surface area is 237 Å². The molecule has 3 aromatic carbocycles. The van der Waals surface area contributed by atoms with E-state index in [9.17, 15) is 17.6 Å². The van der Waals surface area contributed by atoms with Crippen molar-refractivity contribution >= 4 is 42.6 Å². The molecule has 1 amide bonds. The number of aromatic nitrogens is 1. The number of sulfonamides is 1. The third-order valence-electron chi connectivity index (χ3n) is 7.55. The van der Waals surface area contributed by atoms with Gasteiger partial charge in [-0.05, 0) is 60.0 Å². The molecule has 0 spiro atoms. The standard InChI is InChI=1S/C29H30FN5O3S2/c30-24-7-10-26-27(19-24)39-29(32-26)34-17-15-33(16-18-34)14-12-31-28(36)22-5-8-25(9-6-22)40(37,38)35-13-11-21-3-1-2-4-23(21)20-35/h1-10,19H,11-18,20H2,(H,31,36). The predicted octanol–water partition coefficient (Wildman–Crippen LogP) is 3.73. The Balaban J connectivity index is 0.978. The predicted molar refractivity (Wildman–Crippen MR) is 155 cm³/mol. The van der Waals surface area contributed by atoms with E-state index in [-0.39, 0.29) is 16.6 Å². The summed E-state index contributed by atoms with van der Waals surface area (Å²) in [5.74, 6) is -0.476. The van der Waals surface area contributed by atoms with Crippen molar-refractivity contribution in [3.63, 3.8) is 0 Å². The number of anilines is 1. The van der Waals surface area contributed by atoms with Crippen molar-refractivity contribution in [2.24, 2.45) is 0 Å². The van der Waals surface area contributed by atoms with Crippen LogP contribution in [0, 0.1) is 5.82 Å². The Morgan fingerprint density at radius 2 is 1.70 bits per heavy atom. The molecule has 1 aromatic heterocycles. The van der Waals surface area contributed by atoms with E-state index in [0.29, 0.717) is 38.2 Å². The van der Waals surface area contributed by atoms with Gasteiger partial charge >= 0.3 is 0 Å². The van der Waals surface area contributed by atoms with Crippen LogP contribution in [0.25, 0.3) is 10.2 Å². The maximum Gasteiger partial charge on any atom is 0.251 e. The van der Waals surface area contributed by atoms with Crippen LogP contribution in [-0.4, -0.2) is 74.3 Å². The molecule has 8 nitrogen and oxygen atoms in total. The second-order valence-corrected chi connectivity index (χ2v) is 13.0. The first-order valence-corrected chi connectivity index (χ1v) is 15.6. The first-order valence-electron chi connectivity index (χ1n) is 13.4. The molecular formula is C29H30FN5O3S2. The van der Waals surface area contributed by atoms with Gasteiger partial charge in [0.1, 0.15) is 5.82 Å². The summed E-state index contributed by atoms with van der Waals surface area (Å²) in [6.07, 6.45) is 0.689. The van der Waals surface area contributed by atoms with Gasteiger partial charge in [0.2, 0.25) is 10.0 Å². The van der Waals surface area contributed by atoms with E-state index in [0.717, 1.165) is 47.1 Å². The van der Waals surface area contributed by atoms with E-state index in [1.807, 2.05) is 24.3 Å². The van der Waals surface area contributed by atoms with E-state index in [4.69, 9.17) is 0 Å². The molecule has 2 aliphatic rings. The first kappa shape index (κ1) is 26.8. The van der Waals surface area contributed by atoms with Gasteiger partial charge in [-0.3, -0.25) is 9.69 Å². The summed E-state index contributed by atoms with van der Waals surface area (Å²) in [5.41, 5.74) is 3.46. The van der Waals surface area contributed by atoms with Gasteiger partial charge in [0.25, 0.3) is 5.91 Å². The third-order valence-corrected chi connectivity index (χ3v) is 10.5. The molecule has 1 N–H and O–H groups in total. The Bertz CT molecular complexity index is 1630. The lowest BCUT2D eigenvalue weighted by atomic mass is 10.0. The fourth-order valence-electron chi connectivity index (χ4n) is 5.22. The van der Waals surface area contributed by atoms with Crippen LogP contribution in [0.1, 0.15) is 21.5 Å². The van der Waals surface area contributed by atoms with Crippen LogP contribution in [0.4, 0.5) is 9.52 Å². The van der Waals surface area contributed by atoms with E-state index in [1.165, 1.54) is 45.5 Å². The monoisotopic (exact) mass is 579 g/mol. The molecule has 0 radical (unpaired) electrons. The highest BCUT2D eigenvalue weighted by atomic mass is 32.2. The van der Waals surface area contributed by atoms with Crippen LogP contribution in [0.15, 0.2) is 71.6 Å². The van der Waals surface area contributed by atoms with Crippen molar-refractivity contribution in [2.75, 3.05) is 50.7 Å². The summed E-state index contributed by atoms with van der Waals surface area (Å²) >= 11 is 1.51. The summed E-state index contributed by atoms with van der Waals surface area (Å²) in [5, 5.41) is 3.85. The molecule has 0 bridgehead atoms. The van der Waals surface area contributed by atoms with E-state index < -0.39 is 10.0 Å². The van der Waals surface area contributed by atoms with Gasteiger partial charge in [-0.25, -0.2) is 17.8 Å². The van der Waals surface area contributed by atoms with Crippen LogP contribution in [-0.2, 0) is 23.0 Å². The van der Waals surface area contributed by atoms with Crippen LogP contribution < -0.4 is 10.2 Å². The average molecular weight is 580 g/mol. The largest absolute Gasteiger partial charge is 0.351 e. The van der Waals surface area contributed by atoms with Crippen molar-refractivity contribution in [1.82, 2.24) is 19.5 Å². The molecule has 1 saturated heterocycles. The average Bonchev–Trinajstić information content (AvgIpc) is 3.40. The lowest BCUT2D eigenvalue weighted by Crippen LogP contribution is -2.48. The lowest BCUT2D eigenvalue weighted by Gasteiger charge is -2.34. The number of nitrogens with zero attached hydrogens (tertiary/aromatic N) is 4. The number of thiazole rings is 1. The van der Waals surface area contributed by atoms with Crippen LogP contribution in [0.2, 0.25) is 0 Å². The van der Waals surface area contributed by atoms with Gasteiger partial charge in [0, 0.05) is 57.9 Å². The first-order chi connectivity index (χ1) is 19.4.